The van der Waals surface area contributed by atoms with Crippen molar-refractivity contribution in [3.63, 3.8) is 0 Å². The molecule has 0 aromatic heterocycles. The topological polar surface area (TPSA) is 47.6 Å². The molecule has 0 aromatic rings. The number of hydrogen-bond acceptors (Lipinski definition) is 3. The van der Waals surface area contributed by atoms with Crippen molar-refractivity contribution in [1.29, 1.82) is 0 Å². The predicted molar refractivity (Wildman–Crippen MR) is 54.6 cm³/mol. The molecule has 1 rings (SSSR count). The Kier molecular flexibility index (Phi) is 3.25. The maximum absolute atomic E-state index is 5.84. The van der Waals surface area contributed by atoms with Crippen LogP contribution in [0.4, 0.5) is 0 Å². The fourth-order valence-corrected chi connectivity index (χ4v) is 1.29. The highest BCUT2D eigenvalue weighted by Gasteiger charge is 2.12. The van der Waals surface area contributed by atoms with Crippen LogP contribution in [0.2, 0.25) is 0 Å². The predicted octanol–water partition coefficient (Wildman–Crippen LogP) is 1.61. The number of nitrogens with zero attached hydrogens (tertiary/aromatic N) is 1. The highest BCUT2D eigenvalue weighted by atomic mass is 16.5. The Labute approximate surface area is 79.0 Å². The Morgan fingerprint density at radius 3 is 2.77 bits per heavy atom. The number of allylic oxidation sites excluding steroid dienone is 1. The summed E-state index contributed by atoms with van der Waals surface area (Å²) in [4.78, 5) is 4.26. The lowest BCUT2D eigenvalue weighted by molar-refractivity contribution is 0.150. The summed E-state index contributed by atoms with van der Waals surface area (Å²) in [5, 5.41) is 0. The SMILES string of the molecule is C=C(C)N=C(C)C1=C(N)CCOC1. The minimum Gasteiger partial charge on any atom is -0.402 e. The molecule has 0 bridgehead atoms. The first-order valence-corrected chi connectivity index (χ1v) is 4.37. The lowest BCUT2D eigenvalue weighted by Gasteiger charge is -2.17. The summed E-state index contributed by atoms with van der Waals surface area (Å²) in [6.07, 6.45) is 0.804. The van der Waals surface area contributed by atoms with E-state index in [-0.39, 0.29) is 0 Å². The van der Waals surface area contributed by atoms with Gasteiger partial charge in [0.25, 0.3) is 0 Å². The Morgan fingerprint density at radius 1 is 1.54 bits per heavy atom. The van der Waals surface area contributed by atoms with Crippen molar-refractivity contribution >= 4 is 5.71 Å². The first-order valence-electron chi connectivity index (χ1n) is 4.37. The number of aliphatic imine (C=N–C) groups is 1. The molecule has 0 saturated carbocycles. The van der Waals surface area contributed by atoms with Crippen LogP contribution in [-0.4, -0.2) is 18.9 Å². The number of ether oxygens (including phenoxy) is 1. The van der Waals surface area contributed by atoms with Crippen LogP contribution in [0.15, 0.2) is 28.5 Å². The Balaban J connectivity index is 2.86. The Morgan fingerprint density at radius 2 is 2.23 bits per heavy atom. The van der Waals surface area contributed by atoms with Gasteiger partial charge in [-0.15, -0.1) is 0 Å². The molecule has 0 aliphatic carbocycles. The van der Waals surface area contributed by atoms with Crippen molar-refractivity contribution in [2.45, 2.75) is 20.3 Å². The van der Waals surface area contributed by atoms with Crippen LogP contribution in [-0.2, 0) is 4.74 Å². The van der Waals surface area contributed by atoms with Crippen molar-refractivity contribution < 1.29 is 4.74 Å². The number of nitrogens with two attached hydrogens (primary N) is 1. The van der Waals surface area contributed by atoms with E-state index in [0.29, 0.717) is 6.61 Å². The average Bonchev–Trinajstić information content (AvgIpc) is 2.03. The molecule has 3 nitrogen and oxygen atoms in total. The van der Waals surface area contributed by atoms with E-state index in [1.807, 2.05) is 13.8 Å². The van der Waals surface area contributed by atoms with Gasteiger partial charge in [-0.1, -0.05) is 6.58 Å². The average molecular weight is 180 g/mol. The first-order chi connectivity index (χ1) is 6.11. The third kappa shape index (κ3) is 2.70. The summed E-state index contributed by atoms with van der Waals surface area (Å²) in [7, 11) is 0. The van der Waals surface area contributed by atoms with E-state index in [0.717, 1.165) is 35.7 Å². The van der Waals surface area contributed by atoms with Crippen LogP contribution in [0.25, 0.3) is 0 Å². The lowest BCUT2D eigenvalue weighted by Crippen LogP contribution is -2.20. The molecule has 1 aliphatic heterocycles. The molecule has 2 N–H and O–H groups in total. The molecule has 13 heavy (non-hydrogen) atoms. The van der Waals surface area contributed by atoms with E-state index in [1.165, 1.54) is 0 Å². The van der Waals surface area contributed by atoms with E-state index in [4.69, 9.17) is 10.5 Å². The molecule has 0 atom stereocenters. The van der Waals surface area contributed by atoms with Gasteiger partial charge in [-0.2, -0.15) is 0 Å². The molecule has 0 radical (unpaired) electrons. The van der Waals surface area contributed by atoms with E-state index < -0.39 is 0 Å². The second-order valence-electron chi connectivity index (χ2n) is 3.24. The largest absolute Gasteiger partial charge is 0.402 e. The molecule has 3 heteroatoms. The first kappa shape index (κ1) is 9.99. The van der Waals surface area contributed by atoms with Gasteiger partial charge in [-0.05, 0) is 13.8 Å². The smallest absolute Gasteiger partial charge is 0.0751 e. The molecule has 0 spiro atoms. The van der Waals surface area contributed by atoms with Gasteiger partial charge in [0.2, 0.25) is 0 Å². The normalized spacial score (nSPS) is 19.1. The van der Waals surface area contributed by atoms with Gasteiger partial charge in [-0.3, -0.25) is 4.99 Å². The maximum Gasteiger partial charge on any atom is 0.0751 e. The summed E-state index contributed by atoms with van der Waals surface area (Å²) < 4.78 is 5.31. The third-order valence-electron chi connectivity index (χ3n) is 1.95. The van der Waals surface area contributed by atoms with Gasteiger partial charge < -0.3 is 10.5 Å². The summed E-state index contributed by atoms with van der Waals surface area (Å²) in [6, 6.07) is 0. The minimum atomic E-state index is 0.578. The third-order valence-corrected chi connectivity index (χ3v) is 1.95. The van der Waals surface area contributed by atoms with Crippen molar-refractivity contribution in [1.82, 2.24) is 0 Å². The summed E-state index contributed by atoms with van der Waals surface area (Å²) >= 11 is 0. The minimum absolute atomic E-state index is 0.578. The fraction of sp³-hybridized carbons (Fsp3) is 0.500. The molecule has 0 unspecified atom stereocenters. The van der Waals surface area contributed by atoms with Crippen LogP contribution in [0.5, 0.6) is 0 Å². The second kappa shape index (κ2) is 4.23. The van der Waals surface area contributed by atoms with Crippen molar-refractivity contribution in [3.05, 3.63) is 23.5 Å². The summed E-state index contributed by atoms with van der Waals surface area (Å²) in [5.41, 5.74) is 9.48. The van der Waals surface area contributed by atoms with Crippen LogP contribution >= 0.6 is 0 Å². The number of hydrogen-bond donors (Lipinski definition) is 1. The van der Waals surface area contributed by atoms with Crippen molar-refractivity contribution in [2.24, 2.45) is 10.7 Å². The van der Waals surface area contributed by atoms with E-state index in [1.54, 1.807) is 0 Å². The molecule has 1 aliphatic rings. The maximum atomic E-state index is 5.84. The van der Waals surface area contributed by atoms with Gasteiger partial charge in [-0.25, -0.2) is 0 Å². The van der Waals surface area contributed by atoms with Gasteiger partial charge in [0.05, 0.1) is 13.2 Å². The molecule has 72 valence electrons. The quantitative estimate of drug-likeness (QED) is 0.656. The van der Waals surface area contributed by atoms with Crippen LogP contribution in [0, 0.1) is 0 Å². The number of rotatable bonds is 2. The standard InChI is InChI=1S/C10H16N2O/c1-7(2)12-8(3)9-6-13-5-4-10(9)11/h1,4-6,11H2,2-3H3. The summed E-state index contributed by atoms with van der Waals surface area (Å²) in [6.45, 7) is 8.82. The summed E-state index contributed by atoms with van der Waals surface area (Å²) in [5.74, 6) is 0. The molecular weight excluding hydrogens is 164 g/mol. The molecule has 0 amide bonds. The second-order valence-corrected chi connectivity index (χ2v) is 3.24. The van der Waals surface area contributed by atoms with Gasteiger partial charge in [0.1, 0.15) is 0 Å². The zero-order chi connectivity index (χ0) is 9.84. The molecule has 0 saturated heterocycles. The molecular formula is C10H16N2O. The zero-order valence-electron chi connectivity index (χ0n) is 8.26. The van der Waals surface area contributed by atoms with Gasteiger partial charge in [0.15, 0.2) is 0 Å². The Hall–Kier alpha value is -1.09. The fourth-order valence-electron chi connectivity index (χ4n) is 1.29. The monoisotopic (exact) mass is 180 g/mol. The lowest BCUT2D eigenvalue weighted by atomic mass is 10.1. The highest BCUT2D eigenvalue weighted by molar-refractivity contribution is 5.99. The molecule has 0 aromatic carbocycles. The van der Waals surface area contributed by atoms with Crippen LogP contribution < -0.4 is 5.73 Å². The van der Waals surface area contributed by atoms with Crippen molar-refractivity contribution in [2.75, 3.05) is 13.2 Å². The van der Waals surface area contributed by atoms with Gasteiger partial charge in [0, 0.05) is 29.1 Å². The van der Waals surface area contributed by atoms with E-state index in [9.17, 15) is 0 Å². The highest BCUT2D eigenvalue weighted by Crippen LogP contribution is 2.13. The van der Waals surface area contributed by atoms with Crippen molar-refractivity contribution in [3.8, 4) is 0 Å². The van der Waals surface area contributed by atoms with Crippen LogP contribution in [0.3, 0.4) is 0 Å². The molecule has 1 heterocycles. The van der Waals surface area contributed by atoms with E-state index in [2.05, 4.69) is 11.6 Å². The molecule has 0 fully saturated rings. The van der Waals surface area contributed by atoms with Crippen LogP contribution in [0.1, 0.15) is 20.3 Å². The van der Waals surface area contributed by atoms with Gasteiger partial charge >= 0.3 is 0 Å². The zero-order valence-corrected chi connectivity index (χ0v) is 8.26. The Bertz CT molecular complexity index is 277. The van der Waals surface area contributed by atoms with E-state index >= 15 is 0 Å².